The van der Waals surface area contributed by atoms with Gasteiger partial charge in [-0.05, 0) is 24.3 Å². The molecule has 0 radical (unpaired) electrons. The minimum atomic E-state index is -1.58. The lowest BCUT2D eigenvalue weighted by molar-refractivity contribution is 1.44. The van der Waals surface area contributed by atoms with Crippen LogP contribution in [0.3, 0.4) is 0 Å². The molecule has 0 unspecified atom stereocenters. The van der Waals surface area contributed by atoms with E-state index in [-0.39, 0.29) is 0 Å². The zero-order valence-corrected chi connectivity index (χ0v) is 13.9. The van der Waals surface area contributed by atoms with Gasteiger partial charge in [0.1, 0.15) is 5.71 Å². The van der Waals surface area contributed by atoms with E-state index in [1.165, 1.54) is 11.9 Å². The van der Waals surface area contributed by atoms with Crippen molar-refractivity contribution in [3.8, 4) is 0 Å². The van der Waals surface area contributed by atoms with E-state index < -0.39 is 3.79 Å². The number of benzene rings is 2. The van der Waals surface area contributed by atoms with Crippen molar-refractivity contribution in [2.24, 2.45) is 4.40 Å². The highest BCUT2D eigenvalue weighted by molar-refractivity contribution is 7.98. The van der Waals surface area contributed by atoms with Crippen LogP contribution in [-0.4, -0.2) is 9.50 Å². The third-order valence-electron chi connectivity index (χ3n) is 2.37. The van der Waals surface area contributed by atoms with Gasteiger partial charge in [-0.1, -0.05) is 76.7 Å². The third kappa shape index (κ3) is 4.57. The first-order valence-electron chi connectivity index (χ1n) is 5.60. The Labute approximate surface area is 142 Å². The van der Waals surface area contributed by atoms with E-state index in [2.05, 4.69) is 4.40 Å². The van der Waals surface area contributed by atoms with E-state index in [0.717, 1.165) is 10.5 Å². The standard InChI is InChI=1S/C14H9Cl4NS/c15-11-6-8-12(9-7-11)20-19-13(14(16,17)18)10-4-2-1-3-5-10/h1-9H/b19-13+. The molecule has 0 N–H and O–H groups in total. The fourth-order valence-corrected chi connectivity index (χ4v) is 2.89. The lowest BCUT2D eigenvalue weighted by Gasteiger charge is -2.14. The van der Waals surface area contributed by atoms with Gasteiger partial charge in [-0.2, -0.15) is 0 Å². The fourth-order valence-electron chi connectivity index (χ4n) is 1.46. The maximum Gasteiger partial charge on any atom is 0.233 e. The number of halogens is 4. The third-order valence-corrected chi connectivity index (χ3v) is 3.92. The molecule has 0 aliphatic rings. The summed E-state index contributed by atoms with van der Waals surface area (Å²) >= 11 is 25.0. The van der Waals surface area contributed by atoms with Gasteiger partial charge in [-0.15, -0.1) is 0 Å². The van der Waals surface area contributed by atoms with Crippen LogP contribution in [0.1, 0.15) is 5.56 Å². The van der Waals surface area contributed by atoms with E-state index in [9.17, 15) is 0 Å². The first-order valence-corrected chi connectivity index (χ1v) is 7.88. The van der Waals surface area contributed by atoms with Crippen LogP contribution in [0.4, 0.5) is 0 Å². The van der Waals surface area contributed by atoms with E-state index in [0.29, 0.717) is 10.7 Å². The minimum Gasteiger partial charge on any atom is -0.211 e. The largest absolute Gasteiger partial charge is 0.233 e. The van der Waals surface area contributed by atoms with E-state index in [4.69, 9.17) is 46.4 Å². The lowest BCUT2D eigenvalue weighted by atomic mass is 10.1. The van der Waals surface area contributed by atoms with Gasteiger partial charge in [0.25, 0.3) is 0 Å². The maximum absolute atomic E-state index is 5.99. The van der Waals surface area contributed by atoms with Gasteiger partial charge in [0.2, 0.25) is 3.79 Å². The molecule has 0 saturated carbocycles. The topological polar surface area (TPSA) is 12.4 Å². The predicted octanol–water partition coefficient (Wildman–Crippen LogP) is 6.21. The highest BCUT2D eigenvalue weighted by Crippen LogP contribution is 2.34. The second kappa shape index (κ2) is 7.06. The van der Waals surface area contributed by atoms with Crippen LogP contribution in [0, 0.1) is 0 Å². The molecule has 0 aliphatic heterocycles. The first-order chi connectivity index (χ1) is 9.47. The molecule has 0 saturated heterocycles. The van der Waals surface area contributed by atoms with Crippen LogP contribution in [0.15, 0.2) is 63.9 Å². The van der Waals surface area contributed by atoms with Crippen LogP contribution >= 0.6 is 58.4 Å². The molecule has 6 heteroatoms. The molecule has 2 aromatic rings. The number of nitrogens with zero attached hydrogens (tertiary/aromatic N) is 1. The second-order valence-corrected chi connectivity index (χ2v) is 7.40. The molecule has 0 spiro atoms. The molecule has 0 bridgehead atoms. The van der Waals surface area contributed by atoms with Gasteiger partial charge in [0, 0.05) is 27.4 Å². The summed E-state index contributed by atoms with van der Waals surface area (Å²) in [6, 6.07) is 16.6. The van der Waals surface area contributed by atoms with Gasteiger partial charge in [0.05, 0.1) is 0 Å². The molecule has 0 heterocycles. The Morgan fingerprint density at radius 2 is 1.50 bits per heavy atom. The highest BCUT2D eigenvalue weighted by Gasteiger charge is 2.29. The van der Waals surface area contributed by atoms with Crippen LogP contribution in [0.25, 0.3) is 0 Å². The second-order valence-electron chi connectivity index (χ2n) is 3.85. The monoisotopic (exact) mass is 363 g/mol. The van der Waals surface area contributed by atoms with Crippen LogP contribution in [0.5, 0.6) is 0 Å². The molecule has 0 amide bonds. The molecule has 0 fully saturated rings. The number of alkyl halides is 3. The summed E-state index contributed by atoms with van der Waals surface area (Å²) in [7, 11) is 0. The maximum atomic E-state index is 5.99. The van der Waals surface area contributed by atoms with Crippen molar-refractivity contribution >= 4 is 64.1 Å². The van der Waals surface area contributed by atoms with E-state index in [1.54, 1.807) is 12.1 Å². The Balaban J connectivity index is 2.28. The molecule has 1 nitrogen and oxygen atoms in total. The average Bonchev–Trinajstić information content (AvgIpc) is 2.41. The molecule has 0 atom stereocenters. The van der Waals surface area contributed by atoms with Gasteiger partial charge < -0.3 is 0 Å². The quantitative estimate of drug-likeness (QED) is 0.358. The van der Waals surface area contributed by atoms with Crippen molar-refractivity contribution in [2.45, 2.75) is 8.69 Å². The van der Waals surface area contributed by atoms with Crippen molar-refractivity contribution < 1.29 is 0 Å². The lowest BCUT2D eigenvalue weighted by Crippen LogP contribution is -2.19. The Kier molecular flexibility index (Phi) is 5.65. The van der Waals surface area contributed by atoms with Crippen molar-refractivity contribution in [2.75, 3.05) is 0 Å². The minimum absolute atomic E-state index is 0.392. The number of rotatable bonds is 3. The summed E-state index contributed by atoms with van der Waals surface area (Å²) in [5, 5.41) is 0.669. The fraction of sp³-hybridized carbons (Fsp3) is 0.0714. The zero-order valence-electron chi connectivity index (χ0n) is 10.1. The molecule has 0 aliphatic carbocycles. The zero-order chi connectivity index (χ0) is 14.6. The normalized spacial score (nSPS) is 12.5. The van der Waals surface area contributed by atoms with Gasteiger partial charge in [-0.25, -0.2) is 4.40 Å². The van der Waals surface area contributed by atoms with Crippen molar-refractivity contribution in [1.29, 1.82) is 0 Å². The smallest absolute Gasteiger partial charge is 0.211 e. The summed E-state index contributed by atoms with van der Waals surface area (Å²) in [5.41, 5.74) is 1.16. The summed E-state index contributed by atoms with van der Waals surface area (Å²) in [4.78, 5) is 0.914. The van der Waals surface area contributed by atoms with Crippen molar-refractivity contribution in [1.82, 2.24) is 0 Å². The number of hydrogen-bond acceptors (Lipinski definition) is 2. The first kappa shape index (κ1) is 16.0. The average molecular weight is 365 g/mol. The molecule has 0 aromatic heterocycles. The van der Waals surface area contributed by atoms with Gasteiger partial charge >= 0.3 is 0 Å². The van der Waals surface area contributed by atoms with E-state index in [1.807, 2.05) is 42.5 Å². The number of hydrogen-bond donors (Lipinski definition) is 0. The summed E-state index contributed by atoms with van der Waals surface area (Å²) in [6.07, 6.45) is 0. The van der Waals surface area contributed by atoms with E-state index >= 15 is 0 Å². The van der Waals surface area contributed by atoms with Crippen molar-refractivity contribution in [3.05, 3.63) is 65.2 Å². The Hall–Kier alpha value is -0.380. The predicted molar refractivity (Wildman–Crippen MR) is 90.6 cm³/mol. The van der Waals surface area contributed by atoms with Crippen LogP contribution in [-0.2, 0) is 0 Å². The molecule has 104 valence electrons. The Morgan fingerprint density at radius 3 is 2.05 bits per heavy atom. The summed E-state index contributed by atoms with van der Waals surface area (Å²) in [6.45, 7) is 0. The molecule has 2 aromatic carbocycles. The molecular formula is C14H9Cl4NS. The Morgan fingerprint density at radius 1 is 0.900 bits per heavy atom. The van der Waals surface area contributed by atoms with Gasteiger partial charge in [0.15, 0.2) is 0 Å². The van der Waals surface area contributed by atoms with Crippen LogP contribution < -0.4 is 0 Å². The van der Waals surface area contributed by atoms with Crippen LogP contribution in [0.2, 0.25) is 5.02 Å². The molecule has 20 heavy (non-hydrogen) atoms. The van der Waals surface area contributed by atoms with Crippen molar-refractivity contribution in [3.63, 3.8) is 0 Å². The highest BCUT2D eigenvalue weighted by atomic mass is 35.6. The van der Waals surface area contributed by atoms with Gasteiger partial charge in [-0.3, -0.25) is 0 Å². The summed E-state index contributed by atoms with van der Waals surface area (Å²) in [5.74, 6) is 0. The Bertz CT molecular complexity index is 591. The molecular weight excluding hydrogens is 356 g/mol. The summed E-state index contributed by atoms with van der Waals surface area (Å²) < 4.78 is 2.78. The SMILES string of the molecule is Clc1ccc(S/N=C(\c2ccccc2)C(Cl)(Cl)Cl)cc1. The molecule has 2 rings (SSSR count).